The first kappa shape index (κ1) is 14.5. The number of carbonyl (C=O) groups excluding carboxylic acids is 2. The van der Waals surface area contributed by atoms with Crippen molar-refractivity contribution in [2.45, 2.75) is 31.8 Å². The van der Waals surface area contributed by atoms with Gasteiger partial charge in [0.2, 0.25) is 11.8 Å². The van der Waals surface area contributed by atoms with E-state index in [2.05, 4.69) is 5.32 Å². The van der Waals surface area contributed by atoms with Gasteiger partial charge in [-0.25, -0.2) is 0 Å². The number of imide groups is 1. The predicted molar refractivity (Wildman–Crippen MR) is 75.3 cm³/mol. The fourth-order valence-corrected chi connectivity index (χ4v) is 2.51. The molecule has 0 aromatic heterocycles. The zero-order valence-electron chi connectivity index (χ0n) is 12.1. The smallest absolute Gasteiger partial charge is 0.246 e. The molecule has 1 aromatic carbocycles. The second-order valence-electron chi connectivity index (χ2n) is 4.92. The van der Waals surface area contributed by atoms with Gasteiger partial charge in [-0.15, -0.1) is 0 Å². The molecule has 2 amide bonds. The molecule has 2 unspecified atom stereocenters. The van der Waals surface area contributed by atoms with Crippen LogP contribution < -0.4 is 10.1 Å². The summed E-state index contributed by atoms with van der Waals surface area (Å²) in [4.78, 5) is 24.7. The number of hydrogen-bond acceptors (Lipinski definition) is 4. The van der Waals surface area contributed by atoms with Crippen molar-refractivity contribution in [3.8, 4) is 5.75 Å². The molecule has 0 radical (unpaired) electrons. The van der Waals surface area contributed by atoms with Crippen LogP contribution in [0.5, 0.6) is 5.75 Å². The average molecular weight is 276 g/mol. The second kappa shape index (κ2) is 6.05. The number of para-hydroxylation sites is 1. The van der Waals surface area contributed by atoms with Gasteiger partial charge in [-0.2, -0.15) is 0 Å². The number of amides is 2. The standard InChI is InChI=1S/C15H20N2O3/c1-4-11(10-7-5-6-8-13(10)20-3)16-12-9-14(18)17(2)15(12)19/h5-8,11-12,16H,4,9H2,1-3H3. The molecular formula is C15H20N2O3. The van der Waals surface area contributed by atoms with Crippen molar-refractivity contribution in [1.82, 2.24) is 10.2 Å². The van der Waals surface area contributed by atoms with Gasteiger partial charge in [-0.05, 0) is 12.5 Å². The van der Waals surface area contributed by atoms with Crippen LogP contribution in [0.2, 0.25) is 0 Å². The molecule has 1 aromatic rings. The second-order valence-corrected chi connectivity index (χ2v) is 4.92. The van der Waals surface area contributed by atoms with Crippen LogP contribution >= 0.6 is 0 Å². The van der Waals surface area contributed by atoms with Gasteiger partial charge in [-0.1, -0.05) is 25.1 Å². The SMILES string of the molecule is CCC(NC1CC(=O)N(C)C1=O)c1ccccc1OC. The van der Waals surface area contributed by atoms with E-state index in [4.69, 9.17) is 4.74 Å². The number of nitrogens with one attached hydrogen (secondary N) is 1. The summed E-state index contributed by atoms with van der Waals surface area (Å²) in [6, 6.07) is 7.27. The highest BCUT2D eigenvalue weighted by atomic mass is 16.5. The van der Waals surface area contributed by atoms with Crippen LogP contribution in [0, 0.1) is 0 Å². The number of rotatable bonds is 5. The van der Waals surface area contributed by atoms with Crippen molar-refractivity contribution in [2.24, 2.45) is 0 Å². The summed E-state index contributed by atoms with van der Waals surface area (Å²) < 4.78 is 5.36. The Morgan fingerprint density at radius 3 is 2.65 bits per heavy atom. The molecule has 1 aliphatic heterocycles. The monoisotopic (exact) mass is 276 g/mol. The Balaban J connectivity index is 2.18. The zero-order chi connectivity index (χ0) is 14.7. The largest absolute Gasteiger partial charge is 0.496 e. The molecule has 5 nitrogen and oxygen atoms in total. The Labute approximate surface area is 118 Å². The molecule has 1 heterocycles. The maximum Gasteiger partial charge on any atom is 0.246 e. The van der Waals surface area contributed by atoms with E-state index < -0.39 is 6.04 Å². The third kappa shape index (κ3) is 2.67. The van der Waals surface area contributed by atoms with E-state index in [0.717, 1.165) is 17.7 Å². The molecular weight excluding hydrogens is 256 g/mol. The fraction of sp³-hybridized carbons (Fsp3) is 0.467. The first-order valence-corrected chi connectivity index (χ1v) is 6.77. The van der Waals surface area contributed by atoms with Crippen LogP contribution in [0.25, 0.3) is 0 Å². The van der Waals surface area contributed by atoms with E-state index in [1.54, 1.807) is 7.11 Å². The molecule has 1 aliphatic rings. The quantitative estimate of drug-likeness (QED) is 0.828. The lowest BCUT2D eigenvalue weighted by Gasteiger charge is -2.22. The van der Waals surface area contributed by atoms with Crippen LogP contribution in [-0.2, 0) is 9.59 Å². The molecule has 0 aliphatic carbocycles. The summed E-state index contributed by atoms with van der Waals surface area (Å²) >= 11 is 0. The third-order valence-electron chi connectivity index (χ3n) is 3.71. The van der Waals surface area contributed by atoms with Gasteiger partial charge < -0.3 is 4.74 Å². The predicted octanol–water partition coefficient (Wildman–Crippen LogP) is 1.49. The number of nitrogens with zero attached hydrogens (tertiary/aromatic N) is 1. The number of ether oxygens (including phenoxy) is 1. The lowest BCUT2D eigenvalue weighted by Crippen LogP contribution is -2.39. The summed E-state index contributed by atoms with van der Waals surface area (Å²) in [5, 5.41) is 3.28. The van der Waals surface area contributed by atoms with E-state index in [0.29, 0.717) is 0 Å². The van der Waals surface area contributed by atoms with E-state index in [9.17, 15) is 9.59 Å². The van der Waals surface area contributed by atoms with Gasteiger partial charge in [0.1, 0.15) is 5.75 Å². The molecule has 1 saturated heterocycles. The highest BCUT2D eigenvalue weighted by Gasteiger charge is 2.37. The van der Waals surface area contributed by atoms with E-state index >= 15 is 0 Å². The number of benzene rings is 1. The summed E-state index contributed by atoms with van der Waals surface area (Å²) in [6.07, 6.45) is 1.03. The van der Waals surface area contributed by atoms with Crippen molar-refractivity contribution < 1.29 is 14.3 Å². The van der Waals surface area contributed by atoms with E-state index in [-0.39, 0.29) is 24.3 Å². The number of carbonyl (C=O) groups is 2. The van der Waals surface area contributed by atoms with Gasteiger partial charge >= 0.3 is 0 Å². The molecule has 1 N–H and O–H groups in total. The minimum absolute atomic E-state index is 0.0144. The van der Waals surface area contributed by atoms with Crippen molar-refractivity contribution >= 4 is 11.8 Å². The maximum absolute atomic E-state index is 12.0. The van der Waals surface area contributed by atoms with Gasteiger partial charge in [0.25, 0.3) is 0 Å². The average Bonchev–Trinajstić information content (AvgIpc) is 2.72. The molecule has 0 saturated carbocycles. The number of hydrogen-bond donors (Lipinski definition) is 1. The number of methoxy groups -OCH3 is 1. The van der Waals surface area contributed by atoms with Crippen molar-refractivity contribution in [3.05, 3.63) is 29.8 Å². The molecule has 2 rings (SSSR count). The summed E-state index contributed by atoms with van der Waals surface area (Å²) in [5.74, 6) is 0.489. The molecule has 20 heavy (non-hydrogen) atoms. The number of likely N-dealkylation sites (tertiary alicyclic amines) is 1. The summed E-state index contributed by atoms with van der Waals surface area (Å²) in [7, 11) is 3.15. The highest BCUT2D eigenvalue weighted by molar-refractivity contribution is 6.05. The van der Waals surface area contributed by atoms with Crippen LogP contribution in [0.3, 0.4) is 0 Å². The van der Waals surface area contributed by atoms with Crippen LogP contribution in [0.15, 0.2) is 24.3 Å². The Bertz CT molecular complexity index is 516. The molecule has 0 spiro atoms. The van der Waals surface area contributed by atoms with Gasteiger partial charge in [-0.3, -0.25) is 19.8 Å². The van der Waals surface area contributed by atoms with Gasteiger partial charge in [0.05, 0.1) is 19.6 Å². The van der Waals surface area contributed by atoms with Crippen LogP contribution in [0.1, 0.15) is 31.4 Å². The summed E-state index contributed by atoms with van der Waals surface area (Å²) in [5.41, 5.74) is 1.01. The lowest BCUT2D eigenvalue weighted by molar-refractivity contribution is -0.137. The molecule has 1 fully saturated rings. The topological polar surface area (TPSA) is 58.6 Å². The Hall–Kier alpha value is -1.88. The fourth-order valence-electron chi connectivity index (χ4n) is 2.51. The van der Waals surface area contributed by atoms with Gasteiger partial charge in [0, 0.05) is 18.7 Å². The molecule has 5 heteroatoms. The molecule has 0 bridgehead atoms. The maximum atomic E-state index is 12.0. The normalized spacial score (nSPS) is 20.4. The zero-order valence-corrected chi connectivity index (χ0v) is 12.1. The van der Waals surface area contributed by atoms with Crippen molar-refractivity contribution in [1.29, 1.82) is 0 Å². The van der Waals surface area contributed by atoms with E-state index in [1.807, 2.05) is 31.2 Å². The molecule has 108 valence electrons. The molecule has 2 atom stereocenters. The first-order chi connectivity index (χ1) is 9.58. The third-order valence-corrected chi connectivity index (χ3v) is 3.71. The van der Waals surface area contributed by atoms with Crippen LogP contribution in [0.4, 0.5) is 0 Å². The van der Waals surface area contributed by atoms with Crippen molar-refractivity contribution in [3.63, 3.8) is 0 Å². The van der Waals surface area contributed by atoms with Gasteiger partial charge in [0.15, 0.2) is 0 Å². The Morgan fingerprint density at radius 1 is 1.40 bits per heavy atom. The first-order valence-electron chi connectivity index (χ1n) is 6.77. The minimum Gasteiger partial charge on any atom is -0.496 e. The summed E-state index contributed by atoms with van der Waals surface area (Å²) in [6.45, 7) is 2.04. The van der Waals surface area contributed by atoms with E-state index in [1.165, 1.54) is 11.9 Å². The van der Waals surface area contributed by atoms with Crippen LogP contribution in [-0.4, -0.2) is 36.9 Å². The minimum atomic E-state index is -0.442. The highest BCUT2D eigenvalue weighted by Crippen LogP contribution is 2.28. The Morgan fingerprint density at radius 2 is 2.10 bits per heavy atom. The Kier molecular flexibility index (Phi) is 4.39. The lowest BCUT2D eigenvalue weighted by atomic mass is 10.0. The van der Waals surface area contributed by atoms with Crippen molar-refractivity contribution in [2.75, 3.05) is 14.2 Å². The number of likely N-dealkylation sites (N-methyl/N-ethyl adjacent to an activating group) is 1.